The second kappa shape index (κ2) is 38.3. The van der Waals surface area contributed by atoms with Crippen LogP contribution in [-0.2, 0) is 38.7 Å². The summed E-state index contributed by atoms with van der Waals surface area (Å²) in [4.78, 5) is 25.4. The zero-order chi connectivity index (χ0) is 44.8. The smallest absolute Gasteiger partial charge is 0.306 e. The molecule has 0 aliphatic carbocycles. The molecular formula is C48H86O12S. The molecule has 0 spiro atoms. The van der Waals surface area contributed by atoms with E-state index in [1.807, 2.05) is 12.2 Å². The number of aliphatic hydroxyl groups is 3. The Balaban J connectivity index is 2.45. The highest BCUT2D eigenvalue weighted by molar-refractivity contribution is 7.85. The number of esters is 2. The number of unbranched alkanes of at least 4 members (excludes halogenated alkanes) is 22. The Hall–Kier alpha value is -2.13. The molecule has 1 rings (SSSR count). The molecule has 1 aliphatic rings. The maximum absolute atomic E-state index is 12.8. The van der Waals surface area contributed by atoms with Crippen molar-refractivity contribution >= 4 is 22.1 Å². The topological polar surface area (TPSA) is 186 Å². The summed E-state index contributed by atoms with van der Waals surface area (Å²) in [5.74, 6) is -2.04. The molecule has 356 valence electrons. The number of hydrogen-bond donors (Lipinski definition) is 4. The average molecular weight is 887 g/mol. The minimum atomic E-state index is -4.61. The summed E-state index contributed by atoms with van der Waals surface area (Å²) in [6.07, 6.45) is 34.8. The molecule has 0 aromatic carbocycles. The lowest BCUT2D eigenvalue weighted by Gasteiger charge is -2.40. The lowest BCUT2D eigenvalue weighted by atomic mass is 10.00. The largest absolute Gasteiger partial charge is 0.462 e. The number of aliphatic hydroxyl groups excluding tert-OH is 3. The Bertz CT molecular complexity index is 1270. The summed E-state index contributed by atoms with van der Waals surface area (Å²) >= 11 is 0. The van der Waals surface area contributed by atoms with E-state index in [9.17, 15) is 37.9 Å². The molecule has 6 atom stereocenters. The van der Waals surface area contributed by atoms with Crippen molar-refractivity contribution in [1.82, 2.24) is 0 Å². The standard InChI is InChI=1S/C48H86O12S/c1-3-5-7-9-11-13-15-17-19-21-23-25-27-29-31-33-35-37-44(50)59-41(39-58-48-47(53)46(52)45(51)42(60-48)40-61(54,55)56)38-57-43(49)36-34-32-30-28-26-24-22-20-18-16-14-12-10-8-6-4-2/h17,19,23,25,29,31,41-42,45-48,51-53H,3-16,18,20-22,24,26-28,30,32-40H2,1-2H3,(H,54,55,56)/b19-17+,25-23+,31-29+/t41-,42-,45-,46?,47?,48+/m1/s1. The van der Waals surface area contributed by atoms with Crippen LogP contribution in [0.25, 0.3) is 0 Å². The third kappa shape index (κ3) is 33.1. The Morgan fingerprint density at radius 2 is 1.00 bits per heavy atom. The third-order valence-corrected chi connectivity index (χ3v) is 11.7. The van der Waals surface area contributed by atoms with Gasteiger partial charge in [0.2, 0.25) is 0 Å². The van der Waals surface area contributed by atoms with Crippen LogP contribution in [0.4, 0.5) is 0 Å². The van der Waals surface area contributed by atoms with Gasteiger partial charge in [-0.15, -0.1) is 0 Å². The highest BCUT2D eigenvalue weighted by Crippen LogP contribution is 2.24. The molecule has 1 fully saturated rings. The molecule has 0 saturated carbocycles. The monoisotopic (exact) mass is 887 g/mol. The van der Waals surface area contributed by atoms with Crippen LogP contribution in [0.15, 0.2) is 36.5 Å². The van der Waals surface area contributed by atoms with Crippen molar-refractivity contribution in [2.45, 2.75) is 237 Å². The minimum absolute atomic E-state index is 0.0944. The summed E-state index contributed by atoms with van der Waals surface area (Å²) in [6.45, 7) is 3.73. The number of hydrogen-bond acceptors (Lipinski definition) is 11. The van der Waals surface area contributed by atoms with Crippen LogP contribution in [0.3, 0.4) is 0 Å². The molecule has 1 aliphatic heterocycles. The molecular weight excluding hydrogens is 801 g/mol. The van der Waals surface area contributed by atoms with Gasteiger partial charge in [-0.05, 0) is 44.9 Å². The predicted octanol–water partition coefficient (Wildman–Crippen LogP) is 10.2. The van der Waals surface area contributed by atoms with Crippen LogP contribution in [0.5, 0.6) is 0 Å². The van der Waals surface area contributed by atoms with E-state index in [-0.39, 0.29) is 19.4 Å². The summed E-state index contributed by atoms with van der Waals surface area (Å²) in [5.41, 5.74) is 0. The quantitative estimate of drug-likeness (QED) is 0.0198. The van der Waals surface area contributed by atoms with Crippen LogP contribution in [0.2, 0.25) is 0 Å². The summed E-state index contributed by atoms with van der Waals surface area (Å²) in [7, 11) is -4.61. The first kappa shape index (κ1) is 56.9. The molecule has 0 aromatic rings. The van der Waals surface area contributed by atoms with Gasteiger partial charge in [0.05, 0.1) is 6.61 Å². The van der Waals surface area contributed by atoms with Gasteiger partial charge in [0.1, 0.15) is 36.8 Å². The highest BCUT2D eigenvalue weighted by Gasteiger charge is 2.46. The molecule has 1 heterocycles. The number of rotatable bonds is 40. The molecule has 0 amide bonds. The van der Waals surface area contributed by atoms with Gasteiger partial charge in [0.15, 0.2) is 12.4 Å². The van der Waals surface area contributed by atoms with E-state index in [4.69, 9.17) is 18.9 Å². The Morgan fingerprint density at radius 3 is 1.51 bits per heavy atom. The molecule has 0 radical (unpaired) electrons. The van der Waals surface area contributed by atoms with Crippen molar-refractivity contribution in [2.24, 2.45) is 0 Å². The molecule has 2 unspecified atom stereocenters. The van der Waals surface area contributed by atoms with Gasteiger partial charge >= 0.3 is 11.9 Å². The molecule has 61 heavy (non-hydrogen) atoms. The van der Waals surface area contributed by atoms with Crippen molar-refractivity contribution in [1.29, 1.82) is 0 Å². The van der Waals surface area contributed by atoms with E-state index in [0.29, 0.717) is 19.3 Å². The van der Waals surface area contributed by atoms with Crippen LogP contribution in [0, 0.1) is 0 Å². The summed E-state index contributed by atoms with van der Waals surface area (Å²) in [6, 6.07) is 0. The zero-order valence-electron chi connectivity index (χ0n) is 38.0. The summed E-state index contributed by atoms with van der Waals surface area (Å²) < 4.78 is 54.1. The fraction of sp³-hybridized carbons (Fsp3) is 0.833. The highest BCUT2D eigenvalue weighted by atomic mass is 32.2. The summed E-state index contributed by atoms with van der Waals surface area (Å²) in [5, 5.41) is 30.9. The maximum Gasteiger partial charge on any atom is 0.306 e. The van der Waals surface area contributed by atoms with Crippen molar-refractivity contribution < 1.29 is 56.8 Å². The SMILES string of the molecule is CCCCCCCC/C=C/C/C=C/C/C=C/CCCC(=O)O[C@H](COC(=O)CCCCCCCCCCCCCCCCCC)CO[C@H]1O[C@H](CS(=O)(=O)O)[C@@H](O)C(O)C1O. The van der Waals surface area contributed by atoms with Gasteiger partial charge in [-0.1, -0.05) is 179 Å². The van der Waals surface area contributed by atoms with E-state index >= 15 is 0 Å². The third-order valence-electron chi connectivity index (χ3n) is 11.0. The zero-order valence-corrected chi connectivity index (χ0v) is 38.8. The Kier molecular flexibility index (Phi) is 35.8. The fourth-order valence-electron chi connectivity index (χ4n) is 7.22. The van der Waals surface area contributed by atoms with Crippen LogP contribution in [-0.4, -0.2) is 96.0 Å². The van der Waals surface area contributed by atoms with Gasteiger partial charge in [-0.3, -0.25) is 14.1 Å². The van der Waals surface area contributed by atoms with Crippen LogP contribution >= 0.6 is 0 Å². The first-order chi connectivity index (χ1) is 29.5. The van der Waals surface area contributed by atoms with Crippen molar-refractivity contribution in [3.63, 3.8) is 0 Å². The van der Waals surface area contributed by atoms with Crippen LogP contribution < -0.4 is 0 Å². The predicted molar refractivity (Wildman–Crippen MR) is 243 cm³/mol. The molecule has 12 nitrogen and oxygen atoms in total. The average Bonchev–Trinajstić information content (AvgIpc) is 3.22. The molecule has 0 aromatic heterocycles. The normalized spacial score (nSPS) is 20.3. The maximum atomic E-state index is 12.8. The van der Waals surface area contributed by atoms with E-state index in [1.54, 1.807) is 0 Å². The van der Waals surface area contributed by atoms with Crippen LogP contribution in [0.1, 0.15) is 200 Å². The van der Waals surface area contributed by atoms with Gasteiger partial charge < -0.3 is 34.3 Å². The molecule has 13 heteroatoms. The van der Waals surface area contributed by atoms with Gasteiger partial charge in [0.25, 0.3) is 10.1 Å². The number of allylic oxidation sites excluding steroid dienone is 6. The van der Waals surface area contributed by atoms with Gasteiger partial charge in [0, 0.05) is 12.8 Å². The van der Waals surface area contributed by atoms with Crippen molar-refractivity contribution in [3.8, 4) is 0 Å². The number of carbonyl (C=O) groups is 2. The van der Waals surface area contributed by atoms with Crippen molar-refractivity contribution in [2.75, 3.05) is 19.0 Å². The number of carbonyl (C=O) groups excluding carboxylic acids is 2. The Labute approximate surface area is 370 Å². The van der Waals surface area contributed by atoms with E-state index in [2.05, 4.69) is 38.2 Å². The fourth-order valence-corrected chi connectivity index (χ4v) is 7.91. The lowest BCUT2D eigenvalue weighted by Crippen LogP contribution is -2.60. The van der Waals surface area contributed by atoms with Crippen molar-refractivity contribution in [3.05, 3.63) is 36.5 Å². The number of ether oxygens (including phenoxy) is 4. The van der Waals surface area contributed by atoms with Gasteiger partial charge in [-0.25, -0.2) is 0 Å². The Morgan fingerprint density at radius 1 is 0.557 bits per heavy atom. The molecule has 1 saturated heterocycles. The van der Waals surface area contributed by atoms with E-state index < -0.39 is 71.2 Å². The van der Waals surface area contributed by atoms with E-state index in [0.717, 1.165) is 38.5 Å². The first-order valence-corrected chi connectivity index (χ1v) is 25.7. The molecule has 4 N–H and O–H groups in total. The minimum Gasteiger partial charge on any atom is -0.462 e. The lowest BCUT2D eigenvalue weighted by molar-refractivity contribution is -0.297. The first-order valence-electron chi connectivity index (χ1n) is 24.0. The second-order valence-electron chi connectivity index (χ2n) is 16.8. The second-order valence-corrected chi connectivity index (χ2v) is 18.3. The van der Waals surface area contributed by atoms with E-state index in [1.165, 1.54) is 116 Å². The van der Waals surface area contributed by atoms with Gasteiger partial charge in [-0.2, -0.15) is 8.42 Å². The molecule has 0 bridgehead atoms.